The summed E-state index contributed by atoms with van der Waals surface area (Å²) >= 11 is 0. The van der Waals surface area contributed by atoms with E-state index in [0.29, 0.717) is 16.8 Å². The van der Waals surface area contributed by atoms with Crippen LogP contribution in [0.3, 0.4) is 0 Å². The van der Waals surface area contributed by atoms with Gasteiger partial charge in [-0.05, 0) is 47.9 Å². The third kappa shape index (κ3) is 5.73. The number of rotatable bonds is 7. The molecule has 5 rings (SSSR count). The van der Waals surface area contributed by atoms with Gasteiger partial charge in [0.05, 0.1) is 11.7 Å². The number of benzene rings is 3. The molecule has 39 heavy (non-hydrogen) atoms. The van der Waals surface area contributed by atoms with Gasteiger partial charge in [0.25, 0.3) is 5.89 Å². The quantitative estimate of drug-likeness (QED) is 0.297. The van der Waals surface area contributed by atoms with Crippen molar-refractivity contribution in [3.8, 4) is 39.9 Å². The highest BCUT2D eigenvalue weighted by molar-refractivity contribution is 5.81. The summed E-state index contributed by atoms with van der Waals surface area (Å²) in [7, 11) is 0. The lowest BCUT2D eigenvalue weighted by Crippen LogP contribution is -2.37. The maximum atomic E-state index is 13.7. The predicted molar refractivity (Wildman–Crippen MR) is 138 cm³/mol. The maximum absolute atomic E-state index is 13.7. The molecule has 0 saturated heterocycles. The molecule has 5 aromatic rings. The number of nitrogens with two attached hydrogens (primary N) is 1. The first-order valence-electron chi connectivity index (χ1n) is 12.0. The molecule has 0 aliphatic rings. The third-order valence-electron chi connectivity index (χ3n) is 5.90. The van der Waals surface area contributed by atoms with Crippen molar-refractivity contribution in [1.82, 2.24) is 25.3 Å². The van der Waals surface area contributed by atoms with E-state index in [2.05, 4.69) is 20.6 Å². The van der Waals surface area contributed by atoms with Gasteiger partial charge in [0.1, 0.15) is 5.69 Å². The summed E-state index contributed by atoms with van der Waals surface area (Å²) in [5.41, 5.74) is 7.92. The summed E-state index contributed by atoms with van der Waals surface area (Å²) < 4.78 is 47.9. The van der Waals surface area contributed by atoms with Crippen LogP contribution in [0.4, 0.5) is 13.2 Å². The molecule has 3 N–H and O–H groups in total. The van der Waals surface area contributed by atoms with Gasteiger partial charge < -0.3 is 15.5 Å². The van der Waals surface area contributed by atoms with Crippen molar-refractivity contribution in [1.29, 1.82) is 0 Å². The van der Waals surface area contributed by atoms with E-state index in [0.717, 1.165) is 21.9 Å². The Kier molecular flexibility index (Phi) is 6.99. The topological polar surface area (TPSA) is 112 Å². The number of carbonyl (C=O) groups excluding carboxylic acids is 1. The van der Waals surface area contributed by atoms with E-state index >= 15 is 0 Å². The number of aromatic nitrogens is 4. The van der Waals surface area contributed by atoms with Gasteiger partial charge in [-0.2, -0.15) is 18.3 Å². The smallest absolute Gasteiger partial charge is 0.415 e. The standard InChI is InChI=1S/C28H23F3N6O2/c1-17(32)25(38)33-16-18-7-5-12-22(13-18)37-23(15-24(36-37)28(29,30)31)27-35-34-26(39-27)21-11-6-10-20(14-21)19-8-3-2-4-9-19/h2-15,17H,16,32H2,1H3,(H,33,38)/t17-/m0/s1. The molecule has 0 aliphatic carbocycles. The maximum Gasteiger partial charge on any atom is 0.435 e. The third-order valence-corrected chi connectivity index (χ3v) is 5.90. The van der Waals surface area contributed by atoms with Gasteiger partial charge in [-0.1, -0.05) is 54.6 Å². The fraction of sp³-hybridized carbons (Fsp3) is 0.143. The number of nitrogens with zero attached hydrogens (tertiary/aromatic N) is 4. The minimum Gasteiger partial charge on any atom is -0.415 e. The van der Waals surface area contributed by atoms with E-state index < -0.39 is 17.9 Å². The molecule has 0 spiro atoms. The van der Waals surface area contributed by atoms with Gasteiger partial charge in [0.2, 0.25) is 11.8 Å². The van der Waals surface area contributed by atoms with Crippen LogP contribution >= 0.6 is 0 Å². The molecule has 198 valence electrons. The van der Waals surface area contributed by atoms with Crippen LogP contribution in [0.5, 0.6) is 0 Å². The molecule has 2 aromatic heterocycles. The fourth-order valence-electron chi connectivity index (χ4n) is 3.92. The number of halogens is 3. The summed E-state index contributed by atoms with van der Waals surface area (Å²) in [6.07, 6.45) is -4.70. The Hall–Kier alpha value is -4.77. The van der Waals surface area contributed by atoms with Crippen LogP contribution in [-0.2, 0) is 17.5 Å². The molecule has 8 nitrogen and oxygen atoms in total. The first-order valence-corrected chi connectivity index (χ1v) is 12.0. The van der Waals surface area contributed by atoms with Crippen molar-refractivity contribution in [3.05, 3.63) is 96.2 Å². The molecule has 0 aliphatic heterocycles. The van der Waals surface area contributed by atoms with Crippen molar-refractivity contribution >= 4 is 5.91 Å². The van der Waals surface area contributed by atoms with Crippen molar-refractivity contribution in [2.24, 2.45) is 5.73 Å². The van der Waals surface area contributed by atoms with Crippen LogP contribution in [0, 0.1) is 0 Å². The first kappa shape index (κ1) is 25.9. The average Bonchev–Trinajstić information content (AvgIpc) is 3.60. The van der Waals surface area contributed by atoms with E-state index in [1.54, 1.807) is 37.3 Å². The Bertz CT molecular complexity index is 1610. The lowest BCUT2D eigenvalue weighted by molar-refractivity contribution is -0.141. The van der Waals surface area contributed by atoms with Crippen molar-refractivity contribution in [2.45, 2.75) is 25.7 Å². The van der Waals surface area contributed by atoms with Gasteiger partial charge in [-0.15, -0.1) is 10.2 Å². The minimum atomic E-state index is -4.70. The van der Waals surface area contributed by atoms with Gasteiger partial charge in [0, 0.05) is 18.2 Å². The number of hydrogen-bond donors (Lipinski definition) is 2. The molecule has 1 atom stereocenters. The van der Waals surface area contributed by atoms with E-state index in [-0.39, 0.29) is 29.9 Å². The molecule has 0 saturated carbocycles. The van der Waals surface area contributed by atoms with Crippen LogP contribution < -0.4 is 11.1 Å². The molecule has 2 heterocycles. The van der Waals surface area contributed by atoms with Crippen LogP contribution in [0.1, 0.15) is 18.2 Å². The number of amides is 1. The second kappa shape index (κ2) is 10.5. The highest BCUT2D eigenvalue weighted by Gasteiger charge is 2.36. The number of alkyl halides is 3. The average molecular weight is 533 g/mol. The monoisotopic (exact) mass is 532 g/mol. The first-order chi connectivity index (χ1) is 18.7. The van der Waals surface area contributed by atoms with Crippen LogP contribution in [0.2, 0.25) is 0 Å². The van der Waals surface area contributed by atoms with Crippen molar-refractivity contribution < 1.29 is 22.4 Å². The molecule has 3 aromatic carbocycles. The fourth-order valence-corrected chi connectivity index (χ4v) is 3.92. The lowest BCUT2D eigenvalue weighted by atomic mass is 10.0. The zero-order valence-electron chi connectivity index (χ0n) is 20.7. The van der Waals surface area contributed by atoms with Crippen molar-refractivity contribution in [3.63, 3.8) is 0 Å². The highest BCUT2D eigenvalue weighted by atomic mass is 19.4. The lowest BCUT2D eigenvalue weighted by Gasteiger charge is -2.10. The predicted octanol–water partition coefficient (Wildman–Crippen LogP) is 5.24. The normalized spacial score (nSPS) is 12.3. The van der Waals surface area contributed by atoms with E-state index in [1.807, 2.05) is 48.5 Å². The molecule has 0 radical (unpaired) electrons. The summed E-state index contributed by atoms with van der Waals surface area (Å²) in [5, 5.41) is 14.6. The zero-order chi connectivity index (χ0) is 27.6. The van der Waals surface area contributed by atoms with Gasteiger partial charge in [0.15, 0.2) is 5.69 Å². The SMILES string of the molecule is C[C@H](N)C(=O)NCc1cccc(-n2nc(C(F)(F)F)cc2-c2nnc(-c3cccc(-c4ccccc4)c3)o2)c1. The number of carbonyl (C=O) groups is 1. The summed E-state index contributed by atoms with van der Waals surface area (Å²) in [6, 6.07) is 23.9. The zero-order valence-corrected chi connectivity index (χ0v) is 20.7. The molecule has 11 heteroatoms. The molecular formula is C28H23F3N6O2. The van der Waals surface area contributed by atoms with Gasteiger partial charge in [-0.25, -0.2) is 4.68 Å². The van der Waals surface area contributed by atoms with Gasteiger partial charge in [-0.3, -0.25) is 4.79 Å². The summed E-state index contributed by atoms with van der Waals surface area (Å²) in [5.74, 6) is -0.334. The van der Waals surface area contributed by atoms with E-state index in [9.17, 15) is 18.0 Å². The van der Waals surface area contributed by atoms with Crippen LogP contribution in [-0.4, -0.2) is 31.9 Å². The number of hydrogen-bond acceptors (Lipinski definition) is 6. The molecule has 0 unspecified atom stereocenters. The Morgan fingerprint density at radius 2 is 1.62 bits per heavy atom. The largest absolute Gasteiger partial charge is 0.435 e. The van der Waals surface area contributed by atoms with Crippen LogP contribution in [0.15, 0.2) is 89.3 Å². The highest BCUT2D eigenvalue weighted by Crippen LogP contribution is 2.34. The molecule has 0 bridgehead atoms. The number of nitrogens with one attached hydrogen (secondary N) is 1. The Balaban J connectivity index is 1.50. The minimum absolute atomic E-state index is 0.0305. The Morgan fingerprint density at radius 1 is 0.923 bits per heavy atom. The Morgan fingerprint density at radius 3 is 2.36 bits per heavy atom. The second-order valence-electron chi connectivity index (χ2n) is 8.86. The molecular weight excluding hydrogens is 509 g/mol. The van der Waals surface area contributed by atoms with Crippen LogP contribution in [0.25, 0.3) is 39.9 Å². The summed E-state index contributed by atoms with van der Waals surface area (Å²) in [6.45, 7) is 1.69. The summed E-state index contributed by atoms with van der Waals surface area (Å²) in [4.78, 5) is 11.8. The van der Waals surface area contributed by atoms with Gasteiger partial charge >= 0.3 is 6.18 Å². The molecule has 1 amide bonds. The van der Waals surface area contributed by atoms with Crippen molar-refractivity contribution in [2.75, 3.05) is 0 Å². The van der Waals surface area contributed by atoms with E-state index in [4.69, 9.17) is 10.2 Å². The van der Waals surface area contributed by atoms with E-state index in [1.165, 1.54) is 0 Å². The molecule has 0 fully saturated rings. The Labute approximate surface area is 221 Å². The second-order valence-corrected chi connectivity index (χ2v) is 8.86.